The van der Waals surface area contributed by atoms with Crippen LogP contribution in [0.25, 0.3) is 0 Å². The number of aliphatic hydroxyl groups excluding tert-OH is 3. The molecule has 2 aliphatic heterocycles. The number of aliphatic hydroxyl groups is 3. The summed E-state index contributed by atoms with van der Waals surface area (Å²) in [5.41, 5.74) is -0.778. The summed E-state index contributed by atoms with van der Waals surface area (Å²) >= 11 is 0. The van der Waals surface area contributed by atoms with Crippen LogP contribution in [0.5, 0.6) is 0 Å². The van der Waals surface area contributed by atoms with Gasteiger partial charge in [-0.2, -0.15) is 0 Å². The molecule has 124 valence electrons. The third kappa shape index (κ3) is 2.67. The van der Waals surface area contributed by atoms with Crippen LogP contribution in [0.1, 0.15) is 20.8 Å². The molecule has 2 heterocycles. The van der Waals surface area contributed by atoms with Crippen LogP contribution < -0.4 is 5.32 Å². The number of fused-ring (bicyclic) bond motifs is 1. The Morgan fingerprint density at radius 2 is 1.77 bits per heavy atom. The van der Waals surface area contributed by atoms with Crippen LogP contribution in [0, 0.1) is 5.41 Å². The maximum atomic E-state index is 11.9. The van der Waals surface area contributed by atoms with Gasteiger partial charge in [-0.05, 0) is 20.8 Å². The molecular formula is C13H20N2O7. The van der Waals surface area contributed by atoms with Crippen LogP contribution >= 0.6 is 0 Å². The molecule has 0 saturated carbocycles. The van der Waals surface area contributed by atoms with Gasteiger partial charge in [0.1, 0.15) is 31.1 Å². The Hall–Kier alpha value is -1.71. The monoisotopic (exact) mass is 316 g/mol. The predicted octanol–water partition coefficient (Wildman–Crippen LogP) is -2.67. The molecule has 0 unspecified atom stereocenters. The summed E-state index contributed by atoms with van der Waals surface area (Å²) in [5.74, 6) is -2.45. The summed E-state index contributed by atoms with van der Waals surface area (Å²) in [4.78, 5) is 36.0. The van der Waals surface area contributed by atoms with Gasteiger partial charge in [-0.1, -0.05) is 0 Å². The van der Waals surface area contributed by atoms with Crippen molar-refractivity contribution in [3.8, 4) is 0 Å². The molecule has 2 amide bonds. The second-order valence-corrected chi connectivity index (χ2v) is 6.52. The lowest BCUT2D eigenvalue weighted by Gasteiger charge is -2.44. The van der Waals surface area contributed by atoms with Gasteiger partial charge in [-0.15, -0.1) is 0 Å². The van der Waals surface area contributed by atoms with E-state index < -0.39 is 60.3 Å². The first-order chi connectivity index (χ1) is 10.1. The minimum Gasteiger partial charge on any atom is -0.463 e. The van der Waals surface area contributed by atoms with Gasteiger partial charge in [-0.25, -0.2) is 0 Å². The van der Waals surface area contributed by atoms with Crippen LogP contribution in [-0.4, -0.2) is 75.1 Å². The number of nitrogens with one attached hydrogen (secondary N) is 1. The molecule has 0 radical (unpaired) electrons. The molecule has 2 aliphatic rings. The Balaban J connectivity index is 2.19. The molecule has 2 fully saturated rings. The zero-order chi connectivity index (χ0) is 16.8. The Kier molecular flexibility index (Phi) is 4.16. The smallest absolute Gasteiger partial charge is 0.314 e. The molecule has 9 heteroatoms. The third-order valence-electron chi connectivity index (χ3n) is 3.78. The van der Waals surface area contributed by atoms with Gasteiger partial charge in [0.05, 0.1) is 11.5 Å². The SMILES string of the molecule is CC(C)(C)C(=O)OC[C@@H]1[C@@H](O)[C@H](O)[C@H](O)[C@H]2NC(=O)C(=O)N12. The fourth-order valence-electron chi connectivity index (χ4n) is 2.45. The number of amides is 2. The largest absolute Gasteiger partial charge is 0.463 e. The van der Waals surface area contributed by atoms with Gasteiger partial charge in [0.15, 0.2) is 0 Å². The van der Waals surface area contributed by atoms with E-state index in [9.17, 15) is 29.7 Å². The minimum atomic E-state index is -1.58. The zero-order valence-electron chi connectivity index (χ0n) is 12.5. The van der Waals surface area contributed by atoms with Crippen molar-refractivity contribution in [3.05, 3.63) is 0 Å². The van der Waals surface area contributed by atoms with Crippen molar-refractivity contribution in [3.63, 3.8) is 0 Å². The molecule has 0 aliphatic carbocycles. The number of hydrogen-bond donors (Lipinski definition) is 4. The molecule has 0 bridgehead atoms. The summed E-state index contributed by atoms with van der Waals surface area (Å²) in [6, 6.07) is -1.12. The van der Waals surface area contributed by atoms with Crippen LogP contribution in [0.4, 0.5) is 0 Å². The van der Waals surface area contributed by atoms with Crippen LogP contribution in [0.2, 0.25) is 0 Å². The number of ether oxygens (including phenoxy) is 1. The van der Waals surface area contributed by atoms with Gasteiger partial charge < -0.3 is 30.3 Å². The van der Waals surface area contributed by atoms with Crippen molar-refractivity contribution in [2.75, 3.05) is 6.61 Å². The number of hydrogen-bond acceptors (Lipinski definition) is 7. The summed E-state index contributed by atoms with van der Waals surface area (Å²) in [7, 11) is 0. The number of carbonyl (C=O) groups is 3. The topological polar surface area (TPSA) is 136 Å². The molecule has 9 nitrogen and oxygen atoms in total. The Bertz CT molecular complexity index is 501. The third-order valence-corrected chi connectivity index (χ3v) is 3.78. The summed E-state index contributed by atoms with van der Waals surface area (Å²) < 4.78 is 5.07. The highest BCUT2D eigenvalue weighted by atomic mass is 16.5. The van der Waals surface area contributed by atoms with Crippen LogP contribution in [0.3, 0.4) is 0 Å². The van der Waals surface area contributed by atoms with E-state index in [1.54, 1.807) is 20.8 Å². The minimum absolute atomic E-state index is 0.391. The number of piperidine rings is 1. The first-order valence-corrected chi connectivity index (χ1v) is 6.90. The standard InChI is InChI=1S/C13H20N2O7/c1-13(2,3)12(21)22-4-5-6(16)7(17)8(18)9-14-10(19)11(20)15(5)9/h5-9,16-18H,4H2,1-3H3,(H,14,19)/t5-,6-,7+,8+,9+/m1/s1. The maximum Gasteiger partial charge on any atom is 0.314 e. The van der Waals surface area contributed by atoms with E-state index in [-0.39, 0.29) is 0 Å². The normalized spacial score (nSPS) is 35.2. The highest BCUT2D eigenvalue weighted by Crippen LogP contribution is 2.27. The summed E-state index contributed by atoms with van der Waals surface area (Å²) in [6.45, 7) is 4.53. The van der Waals surface area contributed by atoms with Crippen LogP contribution in [-0.2, 0) is 19.1 Å². The Labute approximate surface area is 126 Å². The molecule has 2 saturated heterocycles. The first-order valence-electron chi connectivity index (χ1n) is 6.90. The molecule has 5 atom stereocenters. The van der Waals surface area contributed by atoms with Crippen molar-refractivity contribution in [1.82, 2.24) is 10.2 Å². The highest BCUT2D eigenvalue weighted by molar-refractivity contribution is 6.37. The fraction of sp³-hybridized carbons (Fsp3) is 0.769. The van der Waals surface area contributed by atoms with Gasteiger partial charge in [0.25, 0.3) is 0 Å². The average Bonchev–Trinajstić information content (AvgIpc) is 2.72. The summed E-state index contributed by atoms with van der Waals surface area (Å²) in [6.07, 6.45) is -5.81. The van der Waals surface area contributed by atoms with E-state index in [0.717, 1.165) is 4.90 Å². The average molecular weight is 316 g/mol. The van der Waals surface area contributed by atoms with Crippen molar-refractivity contribution in [2.45, 2.75) is 51.3 Å². The van der Waals surface area contributed by atoms with Gasteiger partial charge in [0, 0.05) is 0 Å². The Morgan fingerprint density at radius 1 is 1.18 bits per heavy atom. The second-order valence-electron chi connectivity index (χ2n) is 6.52. The van der Waals surface area contributed by atoms with Crippen molar-refractivity contribution in [2.24, 2.45) is 5.41 Å². The molecule has 4 N–H and O–H groups in total. The molecule has 0 aromatic rings. The summed E-state index contributed by atoms with van der Waals surface area (Å²) in [5, 5.41) is 32.0. The fourth-order valence-corrected chi connectivity index (χ4v) is 2.45. The van der Waals surface area contributed by atoms with Gasteiger partial charge >= 0.3 is 17.8 Å². The van der Waals surface area contributed by atoms with E-state index in [2.05, 4.69) is 5.32 Å². The second kappa shape index (κ2) is 5.49. The highest BCUT2D eigenvalue weighted by Gasteiger charge is 2.55. The lowest BCUT2D eigenvalue weighted by atomic mass is 9.92. The molecule has 2 rings (SSSR count). The molecule has 22 heavy (non-hydrogen) atoms. The van der Waals surface area contributed by atoms with Crippen molar-refractivity contribution >= 4 is 17.8 Å². The van der Waals surface area contributed by atoms with E-state index in [4.69, 9.17) is 4.74 Å². The van der Waals surface area contributed by atoms with E-state index >= 15 is 0 Å². The number of esters is 1. The maximum absolute atomic E-state index is 11.9. The lowest BCUT2D eigenvalue weighted by Crippen LogP contribution is -2.68. The number of rotatable bonds is 2. The van der Waals surface area contributed by atoms with Crippen LogP contribution in [0.15, 0.2) is 0 Å². The molecule has 0 aromatic carbocycles. The Morgan fingerprint density at radius 3 is 2.32 bits per heavy atom. The van der Waals surface area contributed by atoms with Gasteiger partial charge in [0.2, 0.25) is 0 Å². The lowest BCUT2D eigenvalue weighted by molar-refractivity contribution is -0.184. The van der Waals surface area contributed by atoms with E-state index in [0.29, 0.717) is 0 Å². The number of nitrogens with zero attached hydrogens (tertiary/aromatic N) is 1. The quantitative estimate of drug-likeness (QED) is 0.322. The van der Waals surface area contributed by atoms with Gasteiger partial charge in [-0.3, -0.25) is 14.4 Å². The predicted molar refractivity (Wildman–Crippen MR) is 71.0 cm³/mol. The number of carbonyl (C=O) groups excluding carboxylic acids is 3. The van der Waals surface area contributed by atoms with E-state index in [1.807, 2.05) is 0 Å². The molecule has 0 aromatic heterocycles. The van der Waals surface area contributed by atoms with Crippen molar-refractivity contribution < 1.29 is 34.4 Å². The van der Waals surface area contributed by atoms with E-state index in [1.165, 1.54) is 0 Å². The first kappa shape index (κ1) is 16.7. The molecule has 0 spiro atoms. The van der Waals surface area contributed by atoms with Crippen molar-refractivity contribution in [1.29, 1.82) is 0 Å². The zero-order valence-corrected chi connectivity index (χ0v) is 12.5. The molecular weight excluding hydrogens is 296 g/mol.